The zero-order chi connectivity index (χ0) is 11.2. The van der Waals surface area contributed by atoms with Crippen LogP contribution in [0.4, 0.5) is 0 Å². The first-order chi connectivity index (χ1) is 7.90. The van der Waals surface area contributed by atoms with Gasteiger partial charge in [0.15, 0.2) is 0 Å². The van der Waals surface area contributed by atoms with Crippen molar-refractivity contribution in [1.82, 2.24) is 5.43 Å². The number of nitrogens with two attached hydrogens (primary N) is 1. The van der Waals surface area contributed by atoms with Gasteiger partial charge in [0, 0.05) is 10.9 Å². The van der Waals surface area contributed by atoms with Crippen molar-refractivity contribution in [2.75, 3.05) is 0 Å². The van der Waals surface area contributed by atoms with Crippen molar-refractivity contribution in [3.8, 4) is 0 Å². The minimum atomic E-state index is 0.469. The van der Waals surface area contributed by atoms with E-state index in [-0.39, 0.29) is 0 Å². The van der Waals surface area contributed by atoms with Crippen molar-refractivity contribution in [1.29, 1.82) is 0 Å². The number of thiophene rings is 1. The molecule has 16 heavy (non-hydrogen) atoms. The van der Waals surface area contributed by atoms with E-state index in [1.807, 2.05) is 11.3 Å². The molecule has 1 aliphatic rings. The van der Waals surface area contributed by atoms with Crippen LogP contribution in [0.3, 0.4) is 0 Å². The molecule has 1 aliphatic carbocycles. The molecule has 3 heteroatoms. The van der Waals surface area contributed by atoms with Crippen molar-refractivity contribution in [3.63, 3.8) is 0 Å². The molecule has 2 rings (SSSR count). The molecule has 0 saturated heterocycles. The normalized spacial score (nSPS) is 20.6. The van der Waals surface area contributed by atoms with Gasteiger partial charge in [0.05, 0.1) is 0 Å². The van der Waals surface area contributed by atoms with Crippen molar-refractivity contribution >= 4 is 11.3 Å². The van der Waals surface area contributed by atoms with Crippen LogP contribution >= 0.6 is 11.3 Å². The molecule has 1 atom stereocenters. The molecule has 0 aliphatic heterocycles. The Hall–Kier alpha value is -0.380. The lowest BCUT2D eigenvalue weighted by molar-refractivity contribution is 0.321. The van der Waals surface area contributed by atoms with Crippen LogP contribution in [0.15, 0.2) is 17.5 Å². The summed E-state index contributed by atoms with van der Waals surface area (Å²) in [7, 11) is 0. The van der Waals surface area contributed by atoms with Gasteiger partial charge in [-0.25, -0.2) is 0 Å². The maximum atomic E-state index is 5.73. The molecule has 1 fully saturated rings. The lowest BCUT2D eigenvalue weighted by Gasteiger charge is -2.25. The predicted molar refractivity (Wildman–Crippen MR) is 70.3 cm³/mol. The first-order valence-corrected chi connectivity index (χ1v) is 7.26. The maximum absolute atomic E-state index is 5.73. The Balaban J connectivity index is 1.92. The molecule has 0 aromatic carbocycles. The molecule has 0 amide bonds. The Labute approximate surface area is 102 Å². The minimum absolute atomic E-state index is 0.469. The highest BCUT2D eigenvalue weighted by atomic mass is 32.1. The third kappa shape index (κ3) is 3.30. The van der Waals surface area contributed by atoms with Crippen LogP contribution < -0.4 is 11.3 Å². The molecule has 2 nitrogen and oxygen atoms in total. The van der Waals surface area contributed by atoms with Gasteiger partial charge >= 0.3 is 0 Å². The molecule has 0 bridgehead atoms. The summed E-state index contributed by atoms with van der Waals surface area (Å²) < 4.78 is 0. The second-order valence-electron chi connectivity index (χ2n) is 4.81. The summed E-state index contributed by atoms with van der Waals surface area (Å²) in [5.41, 5.74) is 3.04. The number of hydrogen-bond donors (Lipinski definition) is 2. The number of hydrogen-bond acceptors (Lipinski definition) is 3. The van der Waals surface area contributed by atoms with Gasteiger partial charge in [-0.05, 0) is 36.6 Å². The molecular formula is C13H22N2S. The lowest BCUT2D eigenvalue weighted by atomic mass is 9.90. The molecule has 0 spiro atoms. The van der Waals surface area contributed by atoms with E-state index in [9.17, 15) is 0 Å². The van der Waals surface area contributed by atoms with Crippen LogP contribution in [-0.2, 0) is 6.42 Å². The van der Waals surface area contributed by atoms with Crippen molar-refractivity contribution in [2.24, 2.45) is 11.8 Å². The molecule has 3 N–H and O–H groups in total. The summed E-state index contributed by atoms with van der Waals surface area (Å²) in [6, 6.07) is 4.81. The van der Waals surface area contributed by atoms with Gasteiger partial charge in [0.1, 0.15) is 0 Å². The standard InChI is InChI=1S/C13H22N2S/c14-15-13(10-12-8-5-9-16-12)11-6-3-1-2-4-7-11/h5,8-9,11,13,15H,1-4,6-7,10,14H2. The van der Waals surface area contributed by atoms with Gasteiger partial charge in [-0.1, -0.05) is 31.7 Å². The Bertz CT molecular complexity index is 276. The molecule has 90 valence electrons. The van der Waals surface area contributed by atoms with Gasteiger partial charge in [-0.15, -0.1) is 11.3 Å². The van der Waals surface area contributed by atoms with Crippen LogP contribution in [0.5, 0.6) is 0 Å². The van der Waals surface area contributed by atoms with Crippen LogP contribution in [-0.4, -0.2) is 6.04 Å². The summed E-state index contributed by atoms with van der Waals surface area (Å²) >= 11 is 1.84. The molecule has 0 radical (unpaired) electrons. The fourth-order valence-electron chi connectivity index (χ4n) is 2.72. The third-order valence-electron chi connectivity index (χ3n) is 3.68. The van der Waals surface area contributed by atoms with Crippen LogP contribution in [0.25, 0.3) is 0 Å². The fraction of sp³-hybridized carbons (Fsp3) is 0.692. The highest BCUT2D eigenvalue weighted by Crippen LogP contribution is 2.27. The van der Waals surface area contributed by atoms with Gasteiger partial charge in [0.2, 0.25) is 0 Å². The van der Waals surface area contributed by atoms with E-state index in [0.717, 1.165) is 12.3 Å². The average molecular weight is 238 g/mol. The summed E-state index contributed by atoms with van der Waals surface area (Å²) in [6.45, 7) is 0. The third-order valence-corrected chi connectivity index (χ3v) is 4.58. The average Bonchev–Trinajstić information content (AvgIpc) is 2.67. The number of nitrogens with one attached hydrogen (secondary N) is 1. The quantitative estimate of drug-likeness (QED) is 0.480. The number of hydrazine groups is 1. The summed E-state index contributed by atoms with van der Waals surface area (Å²) in [6.07, 6.45) is 9.37. The Morgan fingerprint density at radius 1 is 1.31 bits per heavy atom. The Morgan fingerprint density at radius 2 is 2.06 bits per heavy atom. The smallest absolute Gasteiger partial charge is 0.0286 e. The highest BCUT2D eigenvalue weighted by Gasteiger charge is 2.22. The van der Waals surface area contributed by atoms with E-state index >= 15 is 0 Å². The van der Waals surface area contributed by atoms with Gasteiger partial charge < -0.3 is 0 Å². The van der Waals surface area contributed by atoms with E-state index in [1.165, 1.54) is 43.4 Å². The van der Waals surface area contributed by atoms with E-state index in [0.29, 0.717) is 6.04 Å². The summed E-state index contributed by atoms with van der Waals surface area (Å²) in [5, 5.41) is 2.15. The van der Waals surface area contributed by atoms with E-state index in [1.54, 1.807) is 0 Å². The van der Waals surface area contributed by atoms with Crippen molar-refractivity contribution in [2.45, 2.75) is 51.0 Å². The van der Waals surface area contributed by atoms with Gasteiger partial charge in [-0.3, -0.25) is 11.3 Å². The van der Waals surface area contributed by atoms with Gasteiger partial charge in [0.25, 0.3) is 0 Å². The first kappa shape index (κ1) is 12.1. The van der Waals surface area contributed by atoms with Crippen LogP contribution in [0, 0.1) is 5.92 Å². The Kier molecular flexibility index (Phi) is 4.82. The lowest BCUT2D eigenvalue weighted by Crippen LogP contribution is -2.42. The summed E-state index contributed by atoms with van der Waals surface area (Å²) in [4.78, 5) is 1.45. The molecule has 1 heterocycles. The van der Waals surface area contributed by atoms with Crippen molar-refractivity contribution in [3.05, 3.63) is 22.4 Å². The number of rotatable bonds is 4. The second-order valence-corrected chi connectivity index (χ2v) is 5.84. The zero-order valence-electron chi connectivity index (χ0n) is 9.82. The zero-order valence-corrected chi connectivity index (χ0v) is 10.6. The van der Waals surface area contributed by atoms with Crippen molar-refractivity contribution < 1.29 is 0 Å². The van der Waals surface area contributed by atoms with E-state index in [4.69, 9.17) is 5.84 Å². The summed E-state index contributed by atoms with van der Waals surface area (Å²) in [5.74, 6) is 6.50. The molecule has 1 unspecified atom stereocenters. The molecular weight excluding hydrogens is 216 g/mol. The highest BCUT2D eigenvalue weighted by molar-refractivity contribution is 7.09. The molecule has 1 saturated carbocycles. The van der Waals surface area contributed by atoms with E-state index < -0.39 is 0 Å². The minimum Gasteiger partial charge on any atom is -0.271 e. The molecule has 1 aromatic rings. The van der Waals surface area contributed by atoms with E-state index in [2.05, 4.69) is 22.9 Å². The van der Waals surface area contributed by atoms with Crippen LogP contribution in [0.1, 0.15) is 43.4 Å². The maximum Gasteiger partial charge on any atom is 0.0286 e. The second kappa shape index (κ2) is 6.38. The van der Waals surface area contributed by atoms with Gasteiger partial charge in [-0.2, -0.15) is 0 Å². The topological polar surface area (TPSA) is 38.0 Å². The van der Waals surface area contributed by atoms with Crippen LogP contribution in [0.2, 0.25) is 0 Å². The monoisotopic (exact) mass is 238 g/mol. The Morgan fingerprint density at radius 3 is 2.62 bits per heavy atom. The SMILES string of the molecule is NNC(Cc1cccs1)C1CCCCCC1. The molecule has 1 aromatic heterocycles. The predicted octanol–water partition coefficient (Wildman–Crippen LogP) is 3.09. The first-order valence-electron chi connectivity index (χ1n) is 6.38. The largest absolute Gasteiger partial charge is 0.271 e. The fourth-order valence-corrected chi connectivity index (χ4v) is 3.49.